The number of benzene rings is 3. The van der Waals surface area contributed by atoms with Crippen LogP contribution in [0.2, 0.25) is 0 Å². The number of nitrogens with two attached hydrogens (primary N) is 2. The lowest BCUT2D eigenvalue weighted by Gasteiger charge is -2.26. The highest BCUT2D eigenvalue weighted by Crippen LogP contribution is 2.38. The van der Waals surface area contributed by atoms with E-state index >= 15 is 0 Å². The van der Waals surface area contributed by atoms with Crippen molar-refractivity contribution < 1.29 is 9.59 Å². The molecule has 0 saturated heterocycles. The zero-order valence-corrected chi connectivity index (χ0v) is 27.2. The maximum Gasteiger partial charge on any atom is 0.220 e. The summed E-state index contributed by atoms with van der Waals surface area (Å²) in [5, 5.41) is 3.46. The van der Waals surface area contributed by atoms with E-state index in [9.17, 15) is 9.59 Å². The monoisotopic (exact) mass is 675 g/mol. The Balaban J connectivity index is 0.000000167. The topological polar surface area (TPSA) is 150 Å². The van der Waals surface area contributed by atoms with Crippen LogP contribution in [0.4, 0.5) is 23.3 Å². The van der Waals surface area contributed by atoms with Gasteiger partial charge in [0.05, 0.1) is 33.9 Å². The number of nitrogen functional groups attached to an aromatic ring is 2. The molecular weight excluding hydrogens is 642 g/mol. The average molecular weight is 677 g/mol. The number of hydrogen-bond donors (Lipinski definition) is 3. The summed E-state index contributed by atoms with van der Waals surface area (Å²) < 4.78 is 1.03. The van der Waals surface area contributed by atoms with Gasteiger partial charge in [-0.1, -0.05) is 70.5 Å². The molecule has 46 heavy (non-hydrogen) atoms. The van der Waals surface area contributed by atoms with Crippen LogP contribution in [-0.4, -0.2) is 31.5 Å². The SMILES string of the molecule is Cc1nc(N)nc2c1C(=O)CC(c1ccccc1Br)C2.Cc1nc(N)nc2c1C(=O)CC(c1ccccc1Nc1ccccc1)C2. The van der Waals surface area contributed by atoms with Crippen LogP contribution in [0.5, 0.6) is 0 Å². The molecule has 3 aromatic carbocycles. The van der Waals surface area contributed by atoms with E-state index < -0.39 is 0 Å². The van der Waals surface area contributed by atoms with Crippen molar-refractivity contribution >= 4 is 50.8 Å². The predicted molar refractivity (Wildman–Crippen MR) is 183 cm³/mol. The van der Waals surface area contributed by atoms with Gasteiger partial charge in [-0.05, 0) is 73.9 Å². The molecule has 9 nitrogen and oxygen atoms in total. The molecule has 2 aromatic heterocycles. The Labute approximate surface area is 276 Å². The van der Waals surface area contributed by atoms with Gasteiger partial charge >= 0.3 is 0 Å². The van der Waals surface area contributed by atoms with Gasteiger partial charge in [-0.3, -0.25) is 9.59 Å². The van der Waals surface area contributed by atoms with Gasteiger partial charge in [-0.15, -0.1) is 0 Å². The highest BCUT2D eigenvalue weighted by atomic mass is 79.9. The zero-order chi connectivity index (χ0) is 32.4. The summed E-state index contributed by atoms with van der Waals surface area (Å²) in [7, 11) is 0. The summed E-state index contributed by atoms with van der Waals surface area (Å²) in [6, 6.07) is 26.1. The van der Waals surface area contributed by atoms with Crippen LogP contribution in [-0.2, 0) is 12.8 Å². The van der Waals surface area contributed by atoms with Gasteiger partial charge in [0.1, 0.15) is 0 Å². The Hall–Kier alpha value is -4.96. The van der Waals surface area contributed by atoms with Crippen molar-refractivity contribution in [3.05, 3.63) is 128 Å². The minimum atomic E-state index is 0.0658. The molecule has 2 aliphatic carbocycles. The first-order chi connectivity index (χ1) is 22.2. The summed E-state index contributed by atoms with van der Waals surface area (Å²) >= 11 is 3.55. The number of nitrogens with one attached hydrogen (secondary N) is 1. The van der Waals surface area contributed by atoms with E-state index in [1.807, 2.05) is 86.6 Å². The first kappa shape index (κ1) is 31.0. The fourth-order valence-corrected chi connectivity index (χ4v) is 7.09. The molecule has 5 N–H and O–H groups in total. The summed E-state index contributed by atoms with van der Waals surface area (Å²) in [4.78, 5) is 41.9. The summed E-state index contributed by atoms with van der Waals surface area (Å²) in [6.07, 6.45) is 2.34. The molecule has 0 fully saturated rings. The van der Waals surface area contributed by atoms with Gasteiger partial charge in [0.25, 0.3) is 0 Å². The lowest BCUT2D eigenvalue weighted by molar-refractivity contribution is 0.0953. The van der Waals surface area contributed by atoms with Crippen molar-refractivity contribution in [1.82, 2.24) is 19.9 Å². The third kappa shape index (κ3) is 6.53. The van der Waals surface area contributed by atoms with Gasteiger partial charge in [-0.2, -0.15) is 0 Å². The number of aryl methyl sites for hydroxylation is 2. The minimum Gasteiger partial charge on any atom is -0.368 e. The van der Waals surface area contributed by atoms with Gasteiger partial charge in [0.2, 0.25) is 11.9 Å². The number of halogens is 1. The Morgan fingerprint density at radius 2 is 1.11 bits per heavy atom. The smallest absolute Gasteiger partial charge is 0.220 e. The van der Waals surface area contributed by atoms with E-state index in [0.717, 1.165) is 44.8 Å². The number of aromatic nitrogens is 4. The average Bonchev–Trinajstić information content (AvgIpc) is 3.01. The molecular formula is C36H34BrN7O2. The number of rotatable bonds is 4. The molecule has 10 heteroatoms. The lowest BCUT2D eigenvalue weighted by atomic mass is 9.80. The van der Waals surface area contributed by atoms with Crippen molar-refractivity contribution in [3.8, 4) is 0 Å². The molecule has 0 saturated carbocycles. The van der Waals surface area contributed by atoms with Crippen LogP contribution in [0.25, 0.3) is 0 Å². The number of Topliss-reactive ketones (excluding diaryl/α,β-unsaturated/α-hetero) is 2. The maximum absolute atomic E-state index is 12.7. The van der Waals surface area contributed by atoms with Crippen molar-refractivity contribution in [1.29, 1.82) is 0 Å². The molecule has 7 rings (SSSR count). The number of hydrogen-bond acceptors (Lipinski definition) is 9. The molecule has 0 radical (unpaired) electrons. The molecule has 0 bridgehead atoms. The Morgan fingerprint density at radius 3 is 1.67 bits per heavy atom. The first-order valence-electron chi connectivity index (χ1n) is 15.2. The van der Waals surface area contributed by atoms with E-state index in [1.165, 1.54) is 0 Å². The van der Waals surface area contributed by atoms with E-state index in [-0.39, 0.29) is 35.3 Å². The molecule has 0 aliphatic heterocycles. The Bertz CT molecular complexity index is 1950. The van der Waals surface area contributed by atoms with Crippen molar-refractivity contribution in [2.45, 2.75) is 51.4 Å². The van der Waals surface area contributed by atoms with Crippen LogP contribution < -0.4 is 16.8 Å². The Morgan fingerprint density at radius 1 is 0.630 bits per heavy atom. The Kier molecular flexibility index (Phi) is 8.90. The van der Waals surface area contributed by atoms with Crippen molar-refractivity contribution in [2.24, 2.45) is 0 Å². The summed E-state index contributed by atoms with van der Waals surface area (Å²) in [5.41, 5.74) is 20.0. The summed E-state index contributed by atoms with van der Waals surface area (Å²) in [5.74, 6) is 0.857. The normalized spacial score (nSPS) is 16.9. The quantitative estimate of drug-likeness (QED) is 0.182. The molecule has 2 aliphatic rings. The third-order valence-corrected chi connectivity index (χ3v) is 9.19. The van der Waals surface area contributed by atoms with Crippen molar-refractivity contribution in [2.75, 3.05) is 16.8 Å². The fraction of sp³-hybridized carbons (Fsp3) is 0.222. The number of para-hydroxylation sites is 2. The number of ketones is 2. The van der Waals surface area contributed by atoms with Crippen LogP contribution in [0.15, 0.2) is 83.3 Å². The molecule has 2 heterocycles. The van der Waals surface area contributed by atoms with Crippen LogP contribution >= 0.6 is 15.9 Å². The second kappa shape index (κ2) is 13.2. The maximum atomic E-state index is 12.7. The number of fused-ring (bicyclic) bond motifs is 2. The zero-order valence-electron chi connectivity index (χ0n) is 25.6. The van der Waals surface area contributed by atoms with E-state index in [1.54, 1.807) is 0 Å². The van der Waals surface area contributed by atoms with Gasteiger partial charge in [0.15, 0.2) is 11.6 Å². The van der Waals surface area contributed by atoms with Gasteiger partial charge < -0.3 is 16.8 Å². The molecule has 2 unspecified atom stereocenters. The largest absolute Gasteiger partial charge is 0.368 e. The first-order valence-corrected chi connectivity index (χ1v) is 15.9. The van der Waals surface area contributed by atoms with Crippen molar-refractivity contribution in [3.63, 3.8) is 0 Å². The lowest BCUT2D eigenvalue weighted by Crippen LogP contribution is -2.23. The minimum absolute atomic E-state index is 0.0658. The predicted octanol–water partition coefficient (Wildman–Crippen LogP) is 7.07. The molecule has 0 spiro atoms. The molecule has 0 amide bonds. The van der Waals surface area contributed by atoms with E-state index in [2.05, 4.69) is 47.2 Å². The standard InChI is InChI=1S/C21H20N4O.C15H14BrN3O/c1-13-20-18(25-21(22)23-13)11-14(12-19(20)26)16-9-5-6-10-17(16)24-15-7-3-2-4-8-15;1-8-14-12(19-15(17)18-8)6-9(7-13(14)20)10-4-2-3-5-11(10)16/h2-10,14,24H,11-12H2,1H3,(H2,22,23,25);2-5,9H,6-7H2,1H3,(H2,17,18,19). The highest BCUT2D eigenvalue weighted by Gasteiger charge is 2.32. The van der Waals surface area contributed by atoms with Crippen LogP contribution in [0, 0.1) is 13.8 Å². The molecule has 2 atom stereocenters. The van der Waals surface area contributed by atoms with Gasteiger partial charge in [-0.25, -0.2) is 19.9 Å². The summed E-state index contributed by atoms with van der Waals surface area (Å²) in [6.45, 7) is 3.63. The second-order valence-electron chi connectivity index (χ2n) is 11.6. The number of anilines is 4. The molecule has 232 valence electrons. The second-order valence-corrected chi connectivity index (χ2v) is 12.5. The number of nitrogens with zero attached hydrogens (tertiary/aromatic N) is 4. The number of carbonyl (C=O) groups is 2. The molecule has 5 aromatic rings. The third-order valence-electron chi connectivity index (χ3n) is 8.46. The van der Waals surface area contributed by atoms with Crippen LogP contribution in [0.1, 0.15) is 79.3 Å². The van der Waals surface area contributed by atoms with Gasteiger partial charge in [0, 0.05) is 28.7 Å². The van der Waals surface area contributed by atoms with E-state index in [4.69, 9.17) is 11.5 Å². The fourth-order valence-electron chi connectivity index (χ4n) is 6.48. The van der Waals surface area contributed by atoms with Crippen LogP contribution in [0.3, 0.4) is 0 Å². The highest BCUT2D eigenvalue weighted by molar-refractivity contribution is 9.10. The number of carbonyl (C=O) groups excluding carboxylic acids is 2. The van der Waals surface area contributed by atoms with E-state index in [0.29, 0.717) is 41.8 Å².